The van der Waals surface area contributed by atoms with Crippen LogP contribution in [0.1, 0.15) is 39.5 Å². The van der Waals surface area contributed by atoms with Crippen molar-refractivity contribution < 1.29 is 9.31 Å². The van der Waals surface area contributed by atoms with Crippen LogP contribution in [0.15, 0.2) is 0 Å². The van der Waals surface area contributed by atoms with E-state index >= 15 is 0 Å². The SMILES string of the molecule is C[C@@]12CCCC[C@]1(C)O[B]O2. The van der Waals surface area contributed by atoms with E-state index < -0.39 is 0 Å². The molecule has 1 saturated carbocycles. The quantitative estimate of drug-likeness (QED) is 0.492. The first-order valence-corrected chi connectivity index (χ1v) is 4.34. The molecule has 1 saturated heterocycles. The van der Waals surface area contributed by atoms with Crippen LogP contribution in [0.5, 0.6) is 0 Å². The Bertz CT molecular complexity index is 155. The Balaban J connectivity index is 2.24. The molecule has 1 radical (unpaired) electrons. The minimum atomic E-state index is -0.0503. The van der Waals surface area contributed by atoms with Crippen LogP contribution in [-0.2, 0) is 9.31 Å². The normalized spacial score (nSPS) is 50.0. The lowest BCUT2D eigenvalue weighted by molar-refractivity contribution is -0.0556. The highest BCUT2D eigenvalue weighted by molar-refractivity contribution is 6.19. The maximum atomic E-state index is 5.50. The van der Waals surface area contributed by atoms with Crippen molar-refractivity contribution in [1.29, 1.82) is 0 Å². The van der Waals surface area contributed by atoms with E-state index in [-0.39, 0.29) is 11.2 Å². The van der Waals surface area contributed by atoms with Crippen molar-refractivity contribution in [3.05, 3.63) is 0 Å². The molecule has 1 aliphatic carbocycles. The molecular weight excluding hydrogens is 139 g/mol. The van der Waals surface area contributed by atoms with Crippen molar-refractivity contribution in [3.63, 3.8) is 0 Å². The van der Waals surface area contributed by atoms with Crippen LogP contribution in [0.25, 0.3) is 0 Å². The van der Waals surface area contributed by atoms with E-state index in [9.17, 15) is 0 Å². The Morgan fingerprint density at radius 3 is 1.91 bits per heavy atom. The largest absolute Gasteiger partial charge is 0.489 e. The van der Waals surface area contributed by atoms with Crippen LogP contribution in [0.2, 0.25) is 0 Å². The maximum absolute atomic E-state index is 5.50. The van der Waals surface area contributed by atoms with E-state index in [1.165, 1.54) is 20.5 Å². The van der Waals surface area contributed by atoms with Gasteiger partial charge in [-0.05, 0) is 26.7 Å². The van der Waals surface area contributed by atoms with Crippen LogP contribution in [0, 0.1) is 0 Å². The predicted molar refractivity (Wildman–Crippen MR) is 43.2 cm³/mol. The molecule has 2 fully saturated rings. The second kappa shape index (κ2) is 2.24. The second-order valence-corrected chi connectivity index (χ2v) is 4.00. The average Bonchev–Trinajstić information content (AvgIpc) is 2.25. The fourth-order valence-electron chi connectivity index (χ4n) is 2.06. The molecule has 0 aromatic rings. The van der Waals surface area contributed by atoms with Gasteiger partial charge in [-0.15, -0.1) is 0 Å². The first-order chi connectivity index (χ1) is 5.16. The average molecular weight is 153 g/mol. The molecule has 1 heterocycles. The van der Waals surface area contributed by atoms with E-state index in [2.05, 4.69) is 13.8 Å². The maximum Gasteiger partial charge on any atom is 0.489 e. The molecule has 0 aromatic heterocycles. The zero-order chi connectivity index (χ0) is 7.95. The predicted octanol–water partition coefficient (Wildman–Crippen LogP) is 1.66. The Labute approximate surface area is 68.6 Å². The van der Waals surface area contributed by atoms with Gasteiger partial charge in [0.05, 0.1) is 11.2 Å². The highest BCUT2D eigenvalue weighted by Gasteiger charge is 2.52. The fraction of sp³-hybridized carbons (Fsp3) is 1.00. The van der Waals surface area contributed by atoms with Crippen molar-refractivity contribution in [2.24, 2.45) is 0 Å². The fourth-order valence-corrected chi connectivity index (χ4v) is 2.06. The molecule has 2 rings (SSSR count). The summed E-state index contributed by atoms with van der Waals surface area (Å²) in [6.07, 6.45) is 4.78. The molecule has 2 atom stereocenters. The molecule has 0 aromatic carbocycles. The third kappa shape index (κ3) is 0.943. The summed E-state index contributed by atoms with van der Waals surface area (Å²) in [7, 11) is 1.52. The summed E-state index contributed by atoms with van der Waals surface area (Å²) in [6.45, 7) is 4.30. The van der Waals surface area contributed by atoms with E-state index in [0.717, 1.165) is 12.8 Å². The standard InChI is InChI=1S/C8H14BO2/c1-7-5-3-4-6-8(7,2)11-9-10-7/h3-6H2,1-2H3/t7-,8+. The third-order valence-corrected chi connectivity index (χ3v) is 3.29. The summed E-state index contributed by atoms with van der Waals surface area (Å²) in [5.74, 6) is 0. The summed E-state index contributed by atoms with van der Waals surface area (Å²) in [4.78, 5) is 0. The van der Waals surface area contributed by atoms with Gasteiger partial charge in [0.1, 0.15) is 0 Å². The Morgan fingerprint density at radius 2 is 1.45 bits per heavy atom. The third-order valence-electron chi connectivity index (χ3n) is 3.29. The number of rotatable bonds is 0. The van der Waals surface area contributed by atoms with Crippen molar-refractivity contribution >= 4 is 7.69 Å². The number of fused-ring (bicyclic) bond motifs is 1. The van der Waals surface area contributed by atoms with E-state index in [1.54, 1.807) is 0 Å². The highest BCUT2D eigenvalue weighted by Crippen LogP contribution is 2.45. The van der Waals surface area contributed by atoms with Crippen molar-refractivity contribution in [1.82, 2.24) is 0 Å². The molecule has 3 heteroatoms. The van der Waals surface area contributed by atoms with Crippen molar-refractivity contribution in [3.8, 4) is 0 Å². The molecule has 0 bridgehead atoms. The number of hydrogen-bond acceptors (Lipinski definition) is 2. The summed E-state index contributed by atoms with van der Waals surface area (Å²) in [5.41, 5.74) is -0.101. The molecule has 0 amide bonds. The first-order valence-electron chi connectivity index (χ1n) is 4.34. The molecule has 11 heavy (non-hydrogen) atoms. The first kappa shape index (κ1) is 7.62. The summed E-state index contributed by atoms with van der Waals surface area (Å²) < 4.78 is 11.0. The van der Waals surface area contributed by atoms with Gasteiger partial charge in [-0.25, -0.2) is 0 Å². The van der Waals surface area contributed by atoms with Gasteiger partial charge in [0.25, 0.3) is 0 Å². The molecule has 0 N–H and O–H groups in total. The van der Waals surface area contributed by atoms with Gasteiger partial charge >= 0.3 is 7.69 Å². The van der Waals surface area contributed by atoms with Crippen LogP contribution < -0.4 is 0 Å². The van der Waals surface area contributed by atoms with Gasteiger partial charge in [-0.2, -0.15) is 0 Å². The molecule has 0 spiro atoms. The van der Waals surface area contributed by atoms with Gasteiger partial charge in [-0.3, -0.25) is 0 Å². The lowest BCUT2D eigenvalue weighted by Crippen LogP contribution is -2.49. The molecule has 0 unspecified atom stereocenters. The van der Waals surface area contributed by atoms with E-state index in [4.69, 9.17) is 9.31 Å². The van der Waals surface area contributed by atoms with Crippen molar-refractivity contribution in [2.45, 2.75) is 50.7 Å². The van der Waals surface area contributed by atoms with Crippen LogP contribution in [0.4, 0.5) is 0 Å². The smallest absolute Gasteiger partial charge is 0.405 e. The zero-order valence-electron chi connectivity index (χ0n) is 7.22. The monoisotopic (exact) mass is 153 g/mol. The minimum Gasteiger partial charge on any atom is -0.405 e. The van der Waals surface area contributed by atoms with Crippen LogP contribution in [-0.4, -0.2) is 18.9 Å². The molecule has 2 aliphatic rings. The van der Waals surface area contributed by atoms with Gasteiger partial charge in [0, 0.05) is 0 Å². The second-order valence-electron chi connectivity index (χ2n) is 4.00. The molecule has 1 aliphatic heterocycles. The lowest BCUT2D eigenvalue weighted by Gasteiger charge is -2.43. The zero-order valence-corrected chi connectivity index (χ0v) is 7.22. The van der Waals surface area contributed by atoms with Gasteiger partial charge in [-0.1, -0.05) is 12.8 Å². The summed E-state index contributed by atoms with van der Waals surface area (Å²) in [6, 6.07) is 0. The summed E-state index contributed by atoms with van der Waals surface area (Å²) in [5, 5.41) is 0. The topological polar surface area (TPSA) is 18.5 Å². The van der Waals surface area contributed by atoms with Gasteiger partial charge in [0.2, 0.25) is 0 Å². The Morgan fingerprint density at radius 1 is 1.00 bits per heavy atom. The number of hydrogen-bond donors (Lipinski definition) is 0. The lowest BCUT2D eigenvalue weighted by atomic mass is 9.74. The minimum absolute atomic E-state index is 0.0503. The van der Waals surface area contributed by atoms with Gasteiger partial charge < -0.3 is 9.31 Å². The summed E-state index contributed by atoms with van der Waals surface area (Å²) >= 11 is 0. The molecule has 2 nitrogen and oxygen atoms in total. The van der Waals surface area contributed by atoms with Crippen LogP contribution >= 0.6 is 0 Å². The van der Waals surface area contributed by atoms with E-state index in [0.29, 0.717) is 0 Å². The van der Waals surface area contributed by atoms with Crippen LogP contribution in [0.3, 0.4) is 0 Å². The van der Waals surface area contributed by atoms with Crippen molar-refractivity contribution in [2.75, 3.05) is 0 Å². The van der Waals surface area contributed by atoms with E-state index in [1.807, 2.05) is 0 Å². The molecule has 61 valence electrons. The molecular formula is C8H14BO2. The Hall–Kier alpha value is -0.0151. The van der Waals surface area contributed by atoms with Gasteiger partial charge in [0.15, 0.2) is 0 Å². The Kier molecular flexibility index (Phi) is 1.55. The highest BCUT2D eigenvalue weighted by atomic mass is 16.7.